The lowest BCUT2D eigenvalue weighted by molar-refractivity contribution is 0.475. The second kappa shape index (κ2) is 7.07. The molecule has 0 bridgehead atoms. The molecule has 0 aliphatic carbocycles. The molecule has 122 valence electrons. The number of hydrogen-bond donors (Lipinski definition) is 2. The molecule has 0 radical (unpaired) electrons. The van der Waals surface area contributed by atoms with E-state index >= 15 is 0 Å². The first-order valence-corrected chi connectivity index (χ1v) is 9.49. The highest BCUT2D eigenvalue weighted by Gasteiger charge is 2.22. The number of benzene rings is 3. The first-order valence-electron chi connectivity index (χ1n) is 7.96. The summed E-state index contributed by atoms with van der Waals surface area (Å²) in [7, 11) is -0.901. The minimum absolute atomic E-state index is 0.334. The zero-order valence-electron chi connectivity index (χ0n) is 13.9. The predicted octanol–water partition coefficient (Wildman–Crippen LogP) is 4.35. The van der Waals surface area contributed by atoms with Gasteiger partial charge < -0.3 is 10.2 Å². The van der Waals surface area contributed by atoms with Crippen LogP contribution in [0, 0.1) is 13.8 Å². The highest BCUT2D eigenvalue weighted by Crippen LogP contribution is 2.44. The molecular weight excluding hydrogens is 315 g/mol. The van der Waals surface area contributed by atoms with Crippen LogP contribution in [0.25, 0.3) is 0 Å². The Morgan fingerprint density at radius 3 is 1.67 bits per heavy atom. The molecule has 2 N–H and O–H groups in total. The number of phenolic OH excluding ortho intramolecular Hbond substituents is 2. The van der Waals surface area contributed by atoms with Gasteiger partial charge in [0.25, 0.3) is 0 Å². The fraction of sp³-hybridized carbons (Fsp3) is 0.143. The average Bonchev–Trinajstić information content (AvgIpc) is 2.59. The summed E-state index contributed by atoms with van der Waals surface area (Å²) < 4.78 is 0. The van der Waals surface area contributed by atoms with Gasteiger partial charge in [-0.25, -0.2) is 0 Å². The number of aromatic hydroxyl groups is 2. The molecule has 0 aromatic heterocycles. The minimum Gasteiger partial charge on any atom is -0.507 e. The van der Waals surface area contributed by atoms with Crippen LogP contribution in [0.3, 0.4) is 0 Å². The van der Waals surface area contributed by atoms with Gasteiger partial charge in [-0.3, -0.25) is 0 Å². The van der Waals surface area contributed by atoms with Gasteiger partial charge in [-0.2, -0.15) is 0 Å². The Labute approximate surface area is 144 Å². The van der Waals surface area contributed by atoms with Crippen molar-refractivity contribution in [1.82, 2.24) is 0 Å². The Morgan fingerprint density at radius 2 is 1.17 bits per heavy atom. The molecule has 0 saturated carbocycles. The summed E-state index contributed by atoms with van der Waals surface area (Å²) in [5, 5.41) is 23.0. The molecule has 2 nitrogen and oxygen atoms in total. The Kier molecular flexibility index (Phi) is 4.87. The van der Waals surface area contributed by atoms with Crippen molar-refractivity contribution in [3.8, 4) is 11.5 Å². The first kappa shape index (κ1) is 16.5. The average molecular weight is 336 g/mol. The SMILES string of the molecule is Cc1cccc(P(Cc2ccccc2)c2cccc(C)c2O)c1O. The highest BCUT2D eigenvalue weighted by molar-refractivity contribution is 7.72. The van der Waals surface area contributed by atoms with Crippen molar-refractivity contribution in [2.45, 2.75) is 20.0 Å². The lowest BCUT2D eigenvalue weighted by Crippen LogP contribution is -2.15. The molecule has 0 amide bonds. The summed E-state index contributed by atoms with van der Waals surface area (Å²) in [5.41, 5.74) is 2.92. The lowest BCUT2D eigenvalue weighted by atomic mass is 10.2. The fourth-order valence-corrected chi connectivity index (χ4v) is 5.36. The van der Waals surface area contributed by atoms with E-state index in [9.17, 15) is 10.2 Å². The quantitative estimate of drug-likeness (QED) is 0.696. The predicted molar refractivity (Wildman–Crippen MR) is 102 cm³/mol. The normalized spacial score (nSPS) is 11.0. The van der Waals surface area contributed by atoms with Crippen LogP contribution in [-0.2, 0) is 6.16 Å². The van der Waals surface area contributed by atoms with E-state index in [0.29, 0.717) is 11.5 Å². The van der Waals surface area contributed by atoms with E-state index in [1.807, 2.05) is 68.4 Å². The smallest absolute Gasteiger partial charge is 0.126 e. The molecule has 0 atom stereocenters. The monoisotopic (exact) mass is 336 g/mol. The van der Waals surface area contributed by atoms with E-state index < -0.39 is 7.92 Å². The van der Waals surface area contributed by atoms with Crippen LogP contribution < -0.4 is 10.6 Å². The van der Waals surface area contributed by atoms with Gasteiger partial charge in [0.15, 0.2) is 0 Å². The molecule has 0 unspecified atom stereocenters. The van der Waals surface area contributed by atoms with E-state index in [2.05, 4.69) is 12.1 Å². The number of phenols is 2. The maximum Gasteiger partial charge on any atom is 0.126 e. The molecule has 0 aliphatic rings. The van der Waals surface area contributed by atoms with Crippen molar-refractivity contribution < 1.29 is 10.2 Å². The van der Waals surface area contributed by atoms with E-state index in [4.69, 9.17) is 0 Å². The van der Waals surface area contributed by atoms with E-state index in [-0.39, 0.29) is 0 Å². The Balaban J connectivity index is 2.14. The van der Waals surface area contributed by atoms with E-state index in [1.54, 1.807) is 0 Å². The summed E-state index contributed by atoms with van der Waals surface area (Å²) in [4.78, 5) is 0. The molecular formula is C21H21O2P. The molecule has 0 fully saturated rings. The highest BCUT2D eigenvalue weighted by atomic mass is 31.1. The third kappa shape index (κ3) is 3.29. The standard InChI is InChI=1S/C21H21O2P/c1-15-8-6-12-18(20(15)22)24(14-17-10-4-3-5-11-17)19-13-7-9-16(2)21(19)23/h3-13,22-23H,14H2,1-2H3. The van der Waals surface area contributed by atoms with Crippen LogP contribution in [0.5, 0.6) is 11.5 Å². The van der Waals surface area contributed by atoms with Crippen LogP contribution in [0.1, 0.15) is 16.7 Å². The topological polar surface area (TPSA) is 40.5 Å². The second-order valence-corrected chi connectivity index (χ2v) is 8.09. The summed E-state index contributed by atoms with van der Waals surface area (Å²) in [5.74, 6) is 0.667. The molecule has 24 heavy (non-hydrogen) atoms. The van der Waals surface area contributed by atoms with Gasteiger partial charge in [-0.1, -0.05) is 66.7 Å². The first-order chi connectivity index (χ1) is 11.6. The molecule has 3 aromatic carbocycles. The third-order valence-corrected chi connectivity index (χ3v) is 6.76. The van der Waals surface area contributed by atoms with Gasteiger partial charge in [0.05, 0.1) is 0 Å². The van der Waals surface area contributed by atoms with Gasteiger partial charge >= 0.3 is 0 Å². The number of hydrogen-bond acceptors (Lipinski definition) is 2. The summed E-state index contributed by atoms with van der Waals surface area (Å²) >= 11 is 0. The maximum absolute atomic E-state index is 10.6. The molecule has 0 heterocycles. The van der Waals surface area contributed by atoms with Crippen LogP contribution in [0.2, 0.25) is 0 Å². The van der Waals surface area contributed by atoms with Gasteiger partial charge in [0, 0.05) is 16.8 Å². The maximum atomic E-state index is 10.6. The van der Waals surface area contributed by atoms with Crippen molar-refractivity contribution in [1.29, 1.82) is 0 Å². The summed E-state index contributed by atoms with van der Waals surface area (Å²) in [6, 6.07) is 21.9. The van der Waals surface area contributed by atoms with Crippen molar-refractivity contribution >= 4 is 18.5 Å². The molecule has 3 rings (SSSR count). The van der Waals surface area contributed by atoms with Crippen molar-refractivity contribution in [2.75, 3.05) is 0 Å². The Morgan fingerprint density at radius 1 is 0.667 bits per heavy atom. The lowest BCUT2D eigenvalue weighted by Gasteiger charge is -2.22. The van der Waals surface area contributed by atoms with Crippen LogP contribution in [0.15, 0.2) is 66.7 Å². The van der Waals surface area contributed by atoms with Crippen molar-refractivity contribution in [2.24, 2.45) is 0 Å². The van der Waals surface area contributed by atoms with E-state index in [1.165, 1.54) is 5.56 Å². The Bertz CT molecular complexity index is 792. The zero-order valence-corrected chi connectivity index (χ0v) is 14.8. The summed E-state index contributed by atoms with van der Waals surface area (Å²) in [6.07, 6.45) is 0.782. The largest absolute Gasteiger partial charge is 0.507 e. The van der Waals surface area contributed by atoms with Crippen LogP contribution >= 0.6 is 7.92 Å². The minimum atomic E-state index is -0.901. The van der Waals surface area contributed by atoms with Gasteiger partial charge in [-0.15, -0.1) is 0 Å². The van der Waals surface area contributed by atoms with Crippen LogP contribution in [0.4, 0.5) is 0 Å². The molecule has 0 saturated heterocycles. The molecule has 0 spiro atoms. The number of rotatable bonds is 4. The zero-order chi connectivity index (χ0) is 17.1. The van der Waals surface area contributed by atoms with E-state index in [0.717, 1.165) is 27.9 Å². The third-order valence-electron chi connectivity index (χ3n) is 4.20. The van der Waals surface area contributed by atoms with Crippen molar-refractivity contribution in [3.63, 3.8) is 0 Å². The molecule has 3 heteroatoms. The second-order valence-electron chi connectivity index (χ2n) is 5.96. The summed E-state index contributed by atoms with van der Waals surface area (Å²) in [6.45, 7) is 3.82. The Hall–Kier alpha value is -2.31. The van der Waals surface area contributed by atoms with Gasteiger partial charge in [0.2, 0.25) is 0 Å². The number of para-hydroxylation sites is 2. The van der Waals surface area contributed by atoms with Gasteiger partial charge in [-0.05, 0) is 38.5 Å². The van der Waals surface area contributed by atoms with Gasteiger partial charge in [0.1, 0.15) is 11.5 Å². The molecule has 3 aromatic rings. The van der Waals surface area contributed by atoms with Crippen LogP contribution in [-0.4, -0.2) is 10.2 Å². The number of aryl methyl sites for hydroxylation is 2. The van der Waals surface area contributed by atoms with Crippen molar-refractivity contribution in [3.05, 3.63) is 83.4 Å². The fourth-order valence-electron chi connectivity index (χ4n) is 2.79. The molecule has 0 aliphatic heterocycles.